The van der Waals surface area contributed by atoms with Crippen LogP contribution in [0.4, 0.5) is 5.69 Å². The first-order chi connectivity index (χ1) is 13.4. The number of amides is 2. The quantitative estimate of drug-likeness (QED) is 0.640. The van der Waals surface area contributed by atoms with E-state index >= 15 is 0 Å². The minimum Gasteiger partial charge on any atom is -0.345 e. The average molecular weight is 395 g/mol. The number of hydrogen-bond acceptors (Lipinski definition) is 3. The Hall–Kier alpha value is -3.10. The van der Waals surface area contributed by atoms with Gasteiger partial charge in [0, 0.05) is 34.8 Å². The Morgan fingerprint density at radius 1 is 1.14 bits per heavy atom. The van der Waals surface area contributed by atoms with Gasteiger partial charge in [-0.05, 0) is 43.3 Å². The average Bonchev–Trinajstić information content (AvgIpc) is 3.08. The first-order valence-corrected chi connectivity index (χ1v) is 9.25. The second-order valence-corrected chi connectivity index (χ2v) is 6.97. The van der Waals surface area contributed by atoms with Crippen LogP contribution in [0.1, 0.15) is 29.3 Å². The zero-order valence-electron chi connectivity index (χ0n) is 15.4. The molecule has 1 saturated heterocycles. The van der Waals surface area contributed by atoms with Gasteiger partial charge >= 0.3 is 0 Å². The maximum absolute atomic E-state index is 12.3. The van der Waals surface area contributed by atoms with Crippen molar-refractivity contribution in [3.8, 4) is 11.8 Å². The smallest absolute Gasteiger partial charge is 0.227 e. The molecule has 6 heteroatoms. The molecule has 1 atom stereocenters. The van der Waals surface area contributed by atoms with Crippen molar-refractivity contribution in [3.63, 3.8) is 0 Å². The number of hydrogen-bond donors (Lipinski definition) is 1. The van der Waals surface area contributed by atoms with Crippen LogP contribution < -0.4 is 10.2 Å². The zero-order chi connectivity index (χ0) is 20.1. The van der Waals surface area contributed by atoms with Crippen molar-refractivity contribution in [1.82, 2.24) is 5.32 Å². The molecule has 0 aliphatic carbocycles. The number of benzene rings is 2. The highest BCUT2D eigenvalue weighted by Crippen LogP contribution is 2.26. The lowest BCUT2D eigenvalue weighted by Gasteiger charge is -2.16. The number of anilines is 1. The van der Waals surface area contributed by atoms with Gasteiger partial charge in [0.25, 0.3) is 0 Å². The third-order valence-electron chi connectivity index (χ3n) is 4.51. The second-order valence-electron chi connectivity index (χ2n) is 6.53. The normalized spacial score (nSPS) is 15.7. The minimum atomic E-state index is -0.403. The van der Waals surface area contributed by atoms with Gasteiger partial charge in [-0.3, -0.25) is 14.4 Å². The molecule has 0 radical (unpaired) electrons. The summed E-state index contributed by atoms with van der Waals surface area (Å²) in [6, 6.07) is 14.0. The standard InChI is InChI=1S/C22H19ClN2O3/c1-15(26)17-6-4-16(5-7-17)3-2-12-24-22(28)18-13-21(27)25(14-18)20-10-8-19(23)9-11-20/h4-11,18H,12-14H2,1H3,(H,24,28). The lowest BCUT2D eigenvalue weighted by Crippen LogP contribution is -2.33. The van der Waals surface area contributed by atoms with Crippen molar-refractivity contribution < 1.29 is 14.4 Å². The molecule has 0 aromatic heterocycles. The number of rotatable bonds is 4. The number of ketones is 1. The van der Waals surface area contributed by atoms with Crippen molar-refractivity contribution in [2.24, 2.45) is 5.92 Å². The first-order valence-electron chi connectivity index (χ1n) is 8.87. The van der Waals surface area contributed by atoms with Gasteiger partial charge in [-0.25, -0.2) is 0 Å². The largest absolute Gasteiger partial charge is 0.345 e. The van der Waals surface area contributed by atoms with Crippen molar-refractivity contribution in [3.05, 3.63) is 64.7 Å². The Morgan fingerprint density at radius 3 is 2.46 bits per heavy atom. The molecule has 3 rings (SSSR count). The van der Waals surface area contributed by atoms with Crippen LogP contribution in [0.3, 0.4) is 0 Å². The van der Waals surface area contributed by atoms with Gasteiger partial charge in [-0.1, -0.05) is 35.6 Å². The monoisotopic (exact) mass is 394 g/mol. The number of carbonyl (C=O) groups excluding carboxylic acids is 3. The van der Waals surface area contributed by atoms with Crippen LogP contribution in [0, 0.1) is 17.8 Å². The summed E-state index contributed by atoms with van der Waals surface area (Å²) in [5.74, 6) is 5.15. The van der Waals surface area contributed by atoms with Gasteiger partial charge in [0.15, 0.2) is 5.78 Å². The van der Waals surface area contributed by atoms with Crippen molar-refractivity contribution in [1.29, 1.82) is 0 Å². The highest BCUT2D eigenvalue weighted by atomic mass is 35.5. The highest BCUT2D eigenvalue weighted by molar-refractivity contribution is 6.30. The van der Waals surface area contributed by atoms with Crippen molar-refractivity contribution in [2.45, 2.75) is 13.3 Å². The molecule has 1 N–H and O–H groups in total. The third kappa shape index (κ3) is 4.79. The van der Waals surface area contributed by atoms with Crippen molar-refractivity contribution >= 4 is 34.9 Å². The van der Waals surface area contributed by atoms with E-state index in [4.69, 9.17) is 11.6 Å². The molecule has 0 saturated carbocycles. The molecule has 0 bridgehead atoms. The maximum Gasteiger partial charge on any atom is 0.227 e. The molecule has 1 fully saturated rings. The third-order valence-corrected chi connectivity index (χ3v) is 4.76. The van der Waals surface area contributed by atoms with E-state index < -0.39 is 5.92 Å². The Balaban J connectivity index is 1.52. The molecule has 2 aromatic rings. The molecule has 142 valence electrons. The van der Waals surface area contributed by atoms with E-state index in [2.05, 4.69) is 17.2 Å². The van der Waals surface area contributed by atoms with Crippen LogP contribution in [0.5, 0.6) is 0 Å². The van der Waals surface area contributed by atoms with Crippen LogP contribution in [0.15, 0.2) is 48.5 Å². The number of nitrogens with zero attached hydrogens (tertiary/aromatic N) is 1. The van der Waals surface area contributed by atoms with Crippen LogP contribution >= 0.6 is 11.6 Å². The second kappa shape index (κ2) is 8.73. The minimum absolute atomic E-state index is 0.00512. The highest BCUT2D eigenvalue weighted by Gasteiger charge is 2.34. The van der Waals surface area contributed by atoms with E-state index in [1.54, 1.807) is 53.4 Å². The van der Waals surface area contributed by atoms with E-state index in [1.807, 2.05) is 0 Å². The van der Waals surface area contributed by atoms with E-state index in [0.29, 0.717) is 17.1 Å². The molecular formula is C22H19ClN2O3. The Morgan fingerprint density at radius 2 is 1.82 bits per heavy atom. The summed E-state index contributed by atoms with van der Waals surface area (Å²) in [6.45, 7) is 2.04. The Bertz CT molecular complexity index is 956. The van der Waals surface area contributed by atoms with E-state index in [-0.39, 0.29) is 30.6 Å². The van der Waals surface area contributed by atoms with Gasteiger partial charge in [0.05, 0.1) is 12.5 Å². The molecule has 2 aromatic carbocycles. The summed E-state index contributed by atoms with van der Waals surface area (Å²) in [7, 11) is 0. The lowest BCUT2D eigenvalue weighted by molar-refractivity contribution is -0.126. The first kappa shape index (κ1) is 19.7. The van der Waals surface area contributed by atoms with Gasteiger partial charge in [0.2, 0.25) is 11.8 Å². The van der Waals surface area contributed by atoms with Crippen LogP contribution in [-0.2, 0) is 9.59 Å². The molecule has 1 aliphatic rings. The Kier molecular flexibility index (Phi) is 6.13. The summed E-state index contributed by atoms with van der Waals surface area (Å²) in [4.78, 5) is 37.4. The van der Waals surface area contributed by atoms with Crippen LogP contribution in [-0.4, -0.2) is 30.7 Å². The molecule has 28 heavy (non-hydrogen) atoms. The number of nitrogens with one attached hydrogen (secondary N) is 1. The van der Waals surface area contributed by atoms with Gasteiger partial charge in [0.1, 0.15) is 0 Å². The molecule has 5 nitrogen and oxygen atoms in total. The fourth-order valence-electron chi connectivity index (χ4n) is 2.96. The molecule has 1 heterocycles. The zero-order valence-corrected chi connectivity index (χ0v) is 16.1. The lowest BCUT2D eigenvalue weighted by atomic mass is 10.1. The summed E-state index contributed by atoms with van der Waals surface area (Å²) >= 11 is 5.88. The predicted octanol–water partition coefficient (Wildman–Crippen LogP) is 3.06. The molecular weight excluding hydrogens is 376 g/mol. The molecule has 1 unspecified atom stereocenters. The van der Waals surface area contributed by atoms with Gasteiger partial charge in [-0.15, -0.1) is 0 Å². The summed E-state index contributed by atoms with van der Waals surface area (Å²) < 4.78 is 0. The van der Waals surface area contributed by atoms with E-state index in [1.165, 1.54) is 6.92 Å². The topological polar surface area (TPSA) is 66.5 Å². The Labute approximate surface area is 168 Å². The van der Waals surface area contributed by atoms with Gasteiger partial charge in [-0.2, -0.15) is 0 Å². The molecule has 2 amide bonds. The van der Waals surface area contributed by atoms with E-state index in [0.717, 1.165) is 11.3 Å². The van der Waals surface area contributed by atoms with Crippen LogP contribution in [0.2, 0.25) is 5.02 Å². The van der Waals surface area contributed by atoms with Crippen molar-refractivity contribution in [2.75, 3.05) is 18.0 Å². The molecule has 0 spiro atoms. The SMILES string of the molecule is CC(=O)c1ccc(C#CCNC(=O)C2CC(=O)N(c3ccc(Cl)cc3)C2)cc1. The fourth-order valence-corrected chi connectivity index (χ4v) is 3.09. The summed E-state index contributed by atoms with van der Waals surface area (Å²) in [6.07, 6.45) is 0.175. The number of Topliss-reactive ketones (excluding diaryl/α,β-unsaturated/α-hetero) is 1. The predicted molar refractivity (Wildman–Crippen MR) is 108 cm³/mol. The fraction of sp³-hybridized carbons (Fsp3) is 0.227. The summed E-state index contributed by atoms with van der Waals surface area (Å²) in [5, 5.41) is 3.36. The van der Waals surface area contributed by atoms with Gasteiger partial charge < -0.3 is 10.2 Å². The van der Waals surface area contributed by atoms with Crippen LogP contribution in [0.25, 0.3) is 0 Å². The van der Waals surface area contributed by atoms with E-state index in [9.17, 15) is 14.4 Å². The molecule has 1 aliphatic heterocycles. The number of halogens is 1. The number of carbonyl (C=O) groups is 3. The maximum atomic E-state index is 12.3. The summed E-state index contributed by atoms with van der Waals surface area (Å²) in [5.41, 5.74) is 2.14.